The van der Waals surface area contributed by atoms with Gasteiger partial charge in [-0.05, 0) is 32.4 Å². The van der Waals surface area contributed by atoms with Crippen molar-refractivity contribution < 1.29 is 4.74 Å². The molecule has 2 saturated heterocycles. The van der Waals surface area contributed by atoms with Crippen LogP contribution < -0.4 is 0 Å². The fourth-order valence-electron chi connectivity index (χ4n) is 2.01. The molecule has 0 bridgehead atoms. The lowest BCUT2D eigenvalue weighted by molar-refractivity contribution is 0.0360. The number of likely N-dealkylation sites (N-methyl/N-ethyl adjacent to an activating group) is 1. The van der Waals surface area contributed by atoms with Crippen LogP contribution in [-0.2, 0) is 4.74 Å². The second kappa shape index (κ2) is 2.51. The lowest BCUT2D eigenvalue weighted by Crippen LogP contribution is -2.39. The first-order valence-electron chi connectivity index (χ1n) is 4.16. The maximum absolute atomic E-state index is 5.59. The van der Waals surface area contributed by atoms with E-state index in [0.29, 0.717) is 6.10 Å². The molecule has 0 spiro atoms. The van der Waals surface area contributed by atoms with Crippen molar-refractivity contribution in [2.24, 2.45) is 5.92 Å². The van der Waals surface area contributed by atoms with Gasteiger partial charge in [0.05, 0.1) is 6.10 Å². The summed E-state index contributed by atoms with van der Waals surface area (Å²) in [6.07, 6.45) is 3.22. The van der Waals surface area contributed by atoms with Crippen LogP contribution in [0.25, 0.3) is 0 Å². The monoisotopic (exact) mass is 141 g/mol. The number of fused-ring (bicyclic) bond motifs is 1. The number of hydrogen-bond acceptors (Lipinski definition) is 2. The maximum Gasteiger partial charge on any atom is 0.0731 e. The van der Waals surface area contributed by atoms with E-state index in [1.807, 2.05) is 0 Å². The highest BCUT2D eigenvalue weighted by Gasteiger charge is 2.32. The fraction of sp³-hybridized carbons (Fsp3) is 1.00. The van der Waals surface area contributed by atoms with Crippen LogP contribution in [0, 0.1) is 5.92 Å². The van der Waals surface area contributed by atoms with Gasteiger partial charge in [-0.25, -0.2) is 0 Å². The van der Waals surface area contributed by atoms with Crippen LogP contribution in [0.1, 0.15) is 12.8 Å². The van der Waals surface area contributed by atoms with E-state index >= 15 is 0 Å². The molecule has 0 aliphatic carbocycles. The van der Waals surface area contributed by atoms with Crippen molar-refractivity contribution in [3.8, 4) is 0 Å². The largest absolute Gasteiger partial charge is 0.377 e. The highest BCUT2D eigenvalue weighted by atomic mass is 16.5. The second-order valence-corrected chi connectivity index (χ2v) is 3.51. The van der Waals surface area contributed by atoms with Crippen molar-refractivity contribution in [1.29, 1.82) is 0 Å². The van der Waals surface area contributed by atoms with Crippen LogP contribution in [0.15, 0.2) is 0 Å². The molecule has 0 aromatic heterocycles. The Morgan fingerprint density at radius 1 is 1.40 bits per heavy atom. The highest BCUT2D eigenvalue weighted by Crippen LogP contribution is 2.27. The van der Waals surface area contributed by atoms with E-state index in [-0.39, 0.29) is 0 Å². The van der Waals surface area contributed by atoms with Gasteiger partial charge in [-0.3, -0.25) is 0 Å². The zero-order chi connectivity index (χ0) is 6.97. The Bertz CT molecular complexity index is 126. The van der Waals surface area contributed by atoms with Gasteiger partial charge in [0.25, 0.3) is 0 Å². The molecule has 2 fully saturated rings. The summed E-state index contributed by atoms with van der Waals surface area (Å²) in [5.41, 5.74) is 0. The van der Waals surface area contributed by atoms with Gasteiger partial charge in [-0.15, -0.1) is 0 Å². The van der Waals surface area contributed by atoms with Crippen molar-refractivity contribution in [3.05, 3.63) is 0 Å². The van der Waals surface area contributed by atoms with E-state index in [2.05, 4.69) is 11.9 Å². The first-order chi connectivity index (χ1) is 4.86. The zero-order valence-electron chi connectivity index (χ0n) is 6.55. The minimum Gasteiger partial charge on any atom is -0.377 e. The Hall–Kier alpha value is -0.0800. The van der Waals surface area contributed by atoms with E-state index in [4.69, 9.17) is 4.74 Å². The molecule has 10 heavy (non-hydrogen) atoms. The third kappa shape index (κ3) is 1.06. The Kier molecular flexibility index (Phi) is 1.66. The van der Waals surface area contributed by atoms with E-state index in [9.17, 15) is 0 Å². The zero-order valence-corrected chi connectivity index (χ0v) is 6.55. The Morgan fingerprint density at radius 3 is 3.20 bits per heavy atom. The van der Waals surface area contributed by atoms with Gasteiger partial charge >= 0.3 is 0 Å². The summed E-state index contributed by atoms with van der Waals surface area (Å²) in [5, 5.41) is 0. The normalized spacial score (nSPS) is 41.7. The van der Waals surface area contributed by atoms with Gasteiger partial charge < -0.3 is 9.64 Å². The Balaban J connectivity index is 1.96. The van der Waals surface area contributed by atoms with E-state index < -0.39 is 0 Å². The summed E-state index contributed by atoms with van der Waals surface area (Å²) in [4.78, 5) is 2.37. The number of hydrogen-bond donors (Lipinski definition) is 0. The molecule has 0 aromatic rings. The predicted molar refractivity (Wildman–Crippen MR) is 40.0 cm³/mol. The predicted octanol–water partition coefficient (Wildman–Crippen LogP) is 0.727. The van der Waals surface area contributed by atoms with E-state index in [1.165, 1.54) is 19.4 Å². The summed E-state index contributed by atoms with van der Waals surface area (Å²) < 4.78 is 5.59. The van der Waals surface area contributed by atoms with E-state index in [0.717, 1.165) is 19.1 Å². The average molecular weight is 141 g/mol. The van der Waals surface area contributed by atoms with Crippen molar-refractivity contribution in [3.63, 3.8) is 0 Å². The number of nitrogens with zero attached hydrogens (tertiary/aromatic N) is 1. The molecule has 0 aromatic carbocycles. The highest BCUT2D eigenvalue weighted by molar-refractivity contribution is 4.83. The van der Waals surface area contributed by atoms with Gasteiger partial charge in [0.1, 0.15) is 0 Å². The van der Waals surface area contributed by atoms with Crippen molar-refractivity contribution >= 4 is 0 Å². The van der Waals surface area contributed by atoms with Crippen molar-refractivity contribution in [2.45, 2.75) is 18.9 Å². The number of ether oxygens (including phenoxy) is 1. The molecule has 58 valence electrons. The van der Waals surface area contributed by atoms with Gasteiger partial charge in [-0.1, -0.05) is 0 Å². The van der Waals surface area contributed by atoms with Crippen LogP contribution in [0.2, 0.25) is 0 Å². The molecule has 0 N–H and O–H groups in total. The third-order valence-electron chi connectivity index (χ3n) is 2.72. The lowest BCUT2D eigenvalue weighted by atomic mass is 9.94. The van der Waals surface area contributed by atoms with Crippen LogP contribution in [-0.4, -0.2) is 37.7 Å². The molecule has 2 aliphatic rings. The molecular formula is C8H15NO. The summed E-state index contributed by atoms with van der Waals surface area (Å²) in [5.74, 6) is 0.885. The quantitative estimate of drug-likeness (QED) is 0.493. The first-order valence-corrected chi connectivity index (χ1v) is 4.16. The second-order valence-electron chi connectivity index (χ2n) is 3.51. The van der Waals surface area contributed by atoms with Gasteiger partial charge in [0, 0.05) is 13.2 Å². The molecule has 2 nitrogen and oxygen atoms in total. The van der Waals surface area contributed by atoms with Gasteiger partial charge in [0.2, 0.25) is 0 Å². The molecule has 2 heteroatoms. The third-order valence-corrected chi connectivity index (χ3v) is 2.72. The SMILES string of the molecule is CN1CC[C@@H]2CCO[C@H]2C1. The molecule has 2 heterocycles. The van der Waals surface area contributed by atoms with Crippen LogP contribution >= 0.6 is 0 Å². The van der Waals surface area contributed by atoms with E-state index in [1.54, 1.807) is 0 Å². The molecule has 2 atom stereocenters. The molecule has 0 unspecified atom stereocenters. The number of rotatable bonds is 0. The van der Waals surface area contributed by atoms with Crippen LogP contribution in [0.3, 0.4) is 0 Å². The molecule has 0 saturated carbocycles. The van der Waals surface area contributed by atoms with Gasteiger partial charge in [0.15, 0.2) is 0 Å². The fourth-order valence-corrected chi connectivity index (χ4v) is 2.01. The maximum atomic E-state index is 5.59. The lowest BCUT2D eigenvalue weighted by Gasteiger charge is -2.31. The molecule has 2 rings (SSSR count). The van der Waals surface area contributed by atoms with Crippen molar-refractivity contribution in [2.75, 3.05) is 26.7 Å². The van der Waals surface area contributed by atoms with Gasteiger partial charge in [-0.2, -0.15) is 0 Å². The Morgan fingerprint density at radius 2 is 2.30 bits per heavy atom. The van der Waals surface area contributed by atoms with Crippen molar-refractivity contribution in [1.82, 2.24) is 4.90 Å². The first kappa shape index (κ1) is 6.62. The summed E-state index contributed by atoms with van der Waals surface area (Å²) >= 11 is 0. The summed E-state index contributed by atoms with van der Waals surface area (Å²) in [6.45, 7) is 3.43. The smallest absolute Gasteiger partial charge is 0.0731 e. The average Bonchev–Trinajstić information content (AvgIpc) is 2.33. The van der Waals surface area contributed by atoms with Crippen LogP contribution in [0.5, 0.6) is 0 Å². The topological polar surface area (TPSA) is 12.5 Å². The molecule has 0 amide bonds. The molecule has 2 aliphatic heterocycles. The minimum atomic E-state index is 0.568. The van der Waals surface area contributed by atoms with Crippen LogP contribution in [0.4, 0.5) is 0 Å². The number of piperidine rings is 1. The Labute approximate surface area is 62.2 Å². The summed E-state index contributed by atoms with van der Waals surface area (Å²) in [6, 6.07) is 0. The molecular weight excluding hydrogens is 126 g/mol. The molecule has 0 radical (unpaired) electrons. The summed E-state index contributed by atoms with van der Waals surface area (Å²) in [7, 11) is 2.18. The minimum absolute atomic E-state index is 0.568. The standard InChI is InChI=1S/C8H15NO/c1-9-4-2-7-3-5-10-8(7)6-9/h7-8H,2-6H2,1H3/t7-,8+/m1/s1. The number of likely N-dealkylation sites (tertiary alicyclic amines) is 1.